The number of rotatable bonds is 4. The van der Waals surface area contributed by atoms with Gasteiger partial charge in [0.25, 0.3) is 0 Å². The van der Waals surface area contributed by atoms with Crippen LogP contribution in [0.2, 0.25) is 0 Å². The largest absolute Gasteiger partial charge is 0.478 e. The quantitative estimate of drug-likeness (QED) is 0.698. The Morgan fingerprint density at radius 1 is 1.09 bits per heavy atom. The number of allylic oxidation sites excluding steroid dienone is 1. The Bertz CT molecular complexity index is 1290. The average molecular weight is 482 g/mol. The van der Waals surface area contributed by atoms with E-state index >= 15 is 0 Å². The minimum atomic E-state index is -4.66. The Hall–Kier alpha value is -3.34. The molecule has 0 radical (unpaired) electrons. The van der Waals surface area contributed by atoms with Gasteiger partial charge in [-0.3, -0.25) is 4.90 Å². The predicted octanol–water partition coefficient (Wildman–Crippen LogP) is 4.39. The first-order valence-electron chi connectivity index (χ1n) is 9.63. The molecule has 0 spiro atoms. The molecule has 0 aromatic heterocycles. The fourth-order valence-electron chi connectivity index (χ4n) is 3.87. The number of hydrogen-bond acceptors (Lipinski definition) is 4. The number of hydrogen-bond donors (Lipinski definition) is 1. The fourth-order valence-corrected chi connectivity index (χ4v) is 4.88. The van der Waals surface area contributed by atoms with Gasteiger partial charge < -0.3 is 10.0 Å². The van der Waals surface area contributed by atoms with Gasteiger partial charge in [0.05, 0.1) is 27.8 Å². The first-order chi connectivity index (χ1) is 15.1. The third-order valence-electron chi connectivity index (χ3n) is 5.40. The normalized spacial score (nSPS) is 17.5. The molecular formula is C22H21F3N2O5S. The molecule has 0 unspecified atom stereocenters. The van der Waals surface area contributed by atoms with Gasteiger partial charge in [-0.1, -0.05) is 18.2 Å². The lowest BCUT2D eigenvalue weighted by Gasteiger charge is -2.41. The van der Waals surface area contributed by atoms with E-state index in [4.69, 9.17) is 0 Å². The second-order valence-corrected chi connectivity index (χ2v) is 9.78. The second-order valence-electron chi connectivity index (χ2n) is 7.80. The number of sulfone groups is 1. The number of carbonyl (C=O) groups excluding carboxylic acids is 1. The highest BCUT2D eigenvalue weighted by Gasteiger charge is 2.42. The molecule has 1 heterocycles. The summed E-state index contributed by atoms with van der Waals surface area (Å²) in [6.45, 7) is 2.97. The van der Waals surface area contributed by atoms with E-state index in [1.54, 1.807) is 13.0 Å². The molecule has 33 heavy (non-hydrogen) atoms. The molecule has 3 rings (SSSR count). The van der Waals surface area contributed by atoms with Crippen molar-refractivity contribution in [3.8, 4) is 0 Å². The highest BCUT2D eigenvalue weighted by molar-refractivity contribution is 7.90. The van der Waals surface area contributed by atoms with Gasteiger partial charge in [0.15, 0.2) is 9.84 Å². The van der Waals surface area contributed by atoms with E-state index in [1.807, 2.05) is 0 Å². The van der Waals surface area contributed by atoms with Crippen LogP contribution in [0.1, 0.15) is 29.7 Å². The number of urea groups is 1. The number of aliphatic carboxylic acids is 1. The van der Waals surface area contributed by atoms with Crippen molar-refractivity contribution < 1.29 is 36.3 Å². The van der Waals surface area contributed by atoms with Crippen molar-refractivity contribution in [2.45, 2.75) is 31.0 Å². The summed E-state index contributed by atoms with van der Waals surface area (Å²) in [6.07, 6.45) is -3.69. The van der Waals surface area contributed by atoms with Crippen LogP contribution >= 0.6 is 0 Å². The summed E-state index contributed by atoms with van der Waals surface area (Å²) in [6, 6.07) is 6.31. The van der Waals surface area contributed by atoms with Crippen molar-refractivity contribution >= 4 is 27.5 Å². The lowest BCUT2D eigenvalue weighted by molar-refractivity contribution is -0.137. The van der Waals surface area contributed by atoms with E-state index in [0.717, 1.165) is 34.3 Å². The number of carboxylic acid groups (broad SMARTS) is 1. The van der Waals surface area contributed by atoms with Crippen LogP contribution in [0.15, 0.2) is 58.6 Å². The van der Waals surface area contributed by atoms with Gasteiger partial charge in [0.2, 0.25) is 0 Å². The Labute approximate surface area is 188 Å². The summed E-state index contributed by atoms with van der Waals surface area (Å²) >= 11 is 0. The smallest absolute Gasteiger partial charge is 0.416 e. The Morgan fingerprint density at radius 2 is 1.73 bits per heavy atom. The SMILES string of the molecule is CC1=C(C(=O)O)[C@H](c2ccc(C)cc2S(C)(=O)=O)N(C)C(=O)N1c1cccc(C(F)(F)F)c1. The van der Waals surface area contributed by atoms with Crippen LogP contribution in [0, 0.1) is 6.92 Å². The highest BCUT2D eigenvalue weighted by atomic mass is 32.2. The van der Waals surface area contributed by atoms with Crippen LogP contribution in [-0.2, 0) is 20.8 Å². The van der Waals surface area contributed by atoms with Crippen LogP contribution in [0.5, 0.6) is 0 Å². The van der Waals surface area contributed by atoms with Crippen LogP contribution in [-0.4, -0.2) is 43.7 Å². The second kappa shape index (κ2) is 8.22. The zero-order valence-corrected chi connectivity index (χ0v) is 19.0. The minimum Gasteiger partial charge on any atom is -0.478 e. The van der Waals surface area contributed by atoms with Crippen molar-refractivity contribution in [3.05, 3.63) is 70.4 Å². The average Bonchev–Trinajstić information content (AvgIpc) is 2.69. The van der Waals surface area contributed by atoms with Gasteiger partial charge in [-0.15, -0.1) is 0 Å². The summed E-state index contributed by atoms with van der Waals surface area (Å²) in [5.41, 5.74) is -0.909. The van der Waals surface area contributed by atoms with Gasteiger partial charge in [0, 0.05) is 19.0 Å². The topological polar surface area (TPSA) is 95.0 Å². The molecule has 1 aliphatic rings. The molecule has 7 nitrogen and oxygen atoms in total. The number of carboxylic acids is 1. The lowest BCUT2D eigenvalue weighted by atomic mass is 9.92. The maximum atomic E-state index is 13.3. The molecule has 0 aliphatic carbocycles. The van der Waals surface area contributed by atoms with Crippen LogP contribution in [0.3, 0.4) is 0 Å². The van der Waals surface area contributed by atoms with E-state index in [2.05, 4.69) is 0 Å². The van der Waals surface area contributed by atoms with Gasteiger partial charge in [-0.25, -0.2) is 18.0 Å². The van der Waals surface area contributed by atoms with Gasteiger partial charge in [0.1, 0.15) is 0 Å². The number of anilines is 1. The molecular weight excluding hydrogens is 461 g/mol. The number of amides is 2. The zero-order valence-electron chi connectivity index (χ0n) is 18.1. The first-order valence-corrected chi connectivity index (χ1v) is 11.5. The summed E-state index contributed by atoms with van der Waals surface area (Å²) in [4.78, 5) is 27.3. The van der Waals surface area contributed by atoms with Crippen molar-refractivity contribution in [3.63, 3.8) is 0 Å². The van der Waals surface area contributed by atoms with E-state index in [9.17, 15) is 36.3 Å². The monoisotopic (exact) mass is 482 g/mol. The molecule has 176 valence electrons. The van der Waals surface area contributed by atoms with Crippen LogP contribution in [0.25, 0.3) is 0 Å². The molecule has 1 N–H and O–H groups in total. The van der Waals surface area contributed by atoms with E-state index in [0.29, 0.717) is 5.56 Å². The number of halogens is 3. The maximum absolute atomic E-state index is 13.3. The van der Waals surface area contributed by atoms with E-state index in [1.165, 1.54) is 32.2 Å². The summed E-state index contributed by atoms with van der Waals surface area (Å²) < 4.78 is 64.5. The predicted molar refractivity (Wildman–Crippen MR) is 114 cm³/mol. The van der Waals surface area contributed by atoms with Crippen molar-refractivity contribution in [1.29, 1.82) is 0 Å². The zero-order chi connectivity index (χ0) is 24.9. The van der Waals surface area contributed by atoms with Crippen LogP contribution < -0.4 is 4.90 Å². The number of alkyl halides is 3. The number of benzene rings is 2. The molecule has 1 atom stereocenters. The number of aryl methyl sites for hydroxylation is 1. The molecule has 0 saturated carbocycles. The lowest BCUT2D eigenvalue weighted by Crippen LogP contribution is -2.49. The Balaban J connectivity index is 2.29. The van der Waals surface area contributed by atoms with Gasteiger partial charge in [-0.05, 0) is 49.2 Å². The molecule has 0 fully saturated rings. The maximum Gasteiger partial charge on any atom is 0.416 e. The summed E-state index contributed by atoms with van der Waals surface area (Å²) in [5, 5.41) is 9.99. The van der Waals surface area contributed by atoms with E-state index in [-0.39, 0.29) is 27.4 Å². The Morgan fingerprint density at radius 3 is 2.27 bits per heavy atom. The van der Waals surface area contributed by atoms with Crippen LogP contribution in [0.4, 0.5) is 23.7 Å². The third kappa shape index (κ3) is 4.45. The Kier molecular flexibility index (Phi) is 6.05. The van der Waals surface area contributed by atoms with Crippen molar-refractivity contribution in [1.82, 2.24) is 4.90 Å². The molecule has 11 heteroatoms. The van der Waals surface area contributed by atoms with Gasteiger partial charge >= 0.3 is 18.2 Å². The number of nitrogens with zero attached hydrogens (tertiary/aromatic N) is 2. The molecule has 1 aliphatic heterocycles. The molecule has 0 saturated heterocycles. The van der Waals surface area contributed by atoms with Crippen molar-refractivity contribution in [2.24, 2.45) is 0 Å². The number of likely N-dealkylation sites (N-methyl/N-ethyl adjacent to an activating group) is 1. The molecule has 2 amide bonds. The van der Waals surface area contributed by atoms with Crippen molar-refractivity contribution in [2.75, 3.05) is 18.2 Å². The summed E-state index contributed by atoms with van der Waals surface area (Å²) in [5.74, 6) is -1.44. The molecule has 2 aromatic rings. The third-order valence-corrected chi connectivity index (χ3v) is 6.56. The fraction of sp³-hybridized carbons (Fsp3) is 0.273. The number of carbonyl (C=O) groups is 2. The highest BCUT2D eigenvalue weighted by Crippen LogP contribution is 2.41. The van der Waals surface area contributed by atoms with E-state index < -0.39 is 39.6 Å². The summed E-state index contributed by atoms with van der Waals surface area (Å²) in [7, 11) is -2.52. The first kappa shape index (κ1) is 24.3. The standard InChI is InChI=1S/C22H21F3N2O5S/c1-12-8-9-16(17(10-12)33(4,31)32)19-18(20(28)29)13(2)27(21(30)26(19)3)15-7-5-6-14(11-15)22(23,24)25/h5-11,19H,1-4H3,(H,28,29)/t19-/m0/s1. The molecule has 0 bridgehead atoms. The van der Waals surface area contributed by atoms with Gasteiger partial charge in [-0.2, -0.15) is 13.2 Å². The minimum absolute atomic E-state index is 0.0828. The molecule has 2 aromatic carbocycles.